The molecule has 4 nitrogen and oxygen atoms in total. The minimum absolute atomic E-state index is 0.171. The van der Waals surface area contributed by atoms with E-state index < -0.39 is 0 Å². The Bertz CT molecular complexity index is 400. The zero-order chi connectivity index (χ0) is 12.3. The fraction of sp³-hybridized carbons (Fsp3) is 0.500. The zero-order valence-electron chi connectivity index (χ0n) is 9.99. The quantitative estimate of drug-likeness (QED) is 0.628. The van der Waals surface area contributed by atoms with E-state index in [1.165, 1.54) is 6.07 Å². The van der Waals surface area contributed by atoms with Crippen LogP contribution in [0.3, 0.4) is 0 Å². The summed E-state index contributed by atoms with van der Waals surface area (Å²) >= 11 is 0. The molecule has 4 heteroatoms. The third-order valence-corrected chi connectivity index (χ3v) is 3.02. The second-order valence-electron chi connectivity index (χ2n) is 4.50. The second kappa shape index (κ2) is 4.61. The van der Waals surface area contributed by atoms with Crippen LogP contribution in [0, 0.1) is 17.0 Å². The molecule has 2 N–H and O–H groups in total. The van der Waals surface area contributed by atoms with Gasteiger partial charge < -0.3 is 5.73 Å². The molecular weight excluding hydrogens is 204 g/mol. The van der Waals surface area contributed by atoms with Gasteiger partial charge in [0, 0.05) is 17.2 Å². The summed E-state index contributed by atoms with van der Waals surface area (Å²) < 4.78 is 0. The summed E-state index contributed by atoms with van der Waals surface area (Å²) in [5.41, 5.74) is 7.62. The van der Waals surface area contributed by atoms with Crippen molar-refractivity contribution < 1.29 is 4.92 Å². The molecule has 1 unspecified atom stereocenters. The molecule has 0 saturated carbocycles. The first-order chi connectivity index (χ1) is 7.37. The fourth-order valence-electron chi connectivity index (χ4n) is 1.62. The van der Waals surface area contributed by atoms with Crippen LogP contribution in [0.2, 0.25) is 0 Å². The molecule has 0 spiro atoms. The Morgan fingerprint density at radius 1 is 1.50 bits per heavy atom. The van der Waals surface area contributed by atoms with E-state index in [-0.39, 0.29) is 16.1 Å². The SMILES string of the molecule is CCC(C)(N)Cc1cccc([N+](=O)[O-])c1C. The first kappa shape index (κ1) is 12.6. The molecule has 0 saturated heterocycles. The number of benzene rings is 1. The van der Waals surface area contributed by atoms with Crippen LogP contribution in [0.25, 0.3) is 0 Å². The van der Waals surface area contributed by atoms with Crippen LogP contribution in [-0.2, 0) is 6.42 Å². The van der Waals surface area contributed by atoms with E-state index >= 15 is 0 Å². The van der Waals surface area contributed by atoms with Gasteiger partial charge in [-0.1, -0.05) is 19.1 Å². The van der Waals surface area contributed by atoms with Gasteiger partial charge in [-0.2, -0.15) is 0 Å². The summed E-state index contributed by atoms with van der Waals surface area (Å²) in [6, 6.07) is 5.15. The Morgan fingerprint density at radius 2 is 2.12 bits per heavy atom. The lowest BCUT2D eigenvalue weighted by molar-refractivity contribution is -0.385. The molecule has 1 atom stereocenters. The van der Waals surface area contributed by atoms with Gasteiger partial charge in [-0.05, 0) is 32.3 Å². The van der Waals surface area contributed by atoms with Crippen molar-refractivity contribution in [3.63, 3.8) is 0 Å². The van der Waals surface area contributed by atoms with Crippen LogP contribution in [0.1, 0.15) is 31.4 Å². The van der Waals surface area contributed by atoms with Crippen LogP contribution in [-0.4, -0.2) is 10.5 Å². The predicted molar refractivity (Wildman–Crippen MR) is 64.4 cm³/mol. The maximum atomic E-state index is 10.8. The molecule has 16 heavy (non-hydrogen) atoms. The number of hydrogen-bond donors (Lipinski definition) is 1. The lowest BCUT2D eigenvalue weighted by Crippen LogP contribution is -2.37. The molecule has 1 aromatic rings. The summed E-state index contributed by atoms with van der Waals surface area (Å²) in [7, 11) is 0. The standard InChI is InChI=1S/C12H18N2O2/c1-4-12(3,13)8-10-6-5-7-11(9(10)2)14(15)16/h5-7H,4,8,13H2,1-3H3. The van der Waals surface area contributed by atoms with Crippen molar-refractivity contribution in [2.45, 2.75) is 39.2 Å². The van der Waals surface area contributed by atoms with Gasteiger partial charge in [-0.15, -0.1) is 0 Å². The van der Waals surface area contributed by atoms with Gasteiger partial charge in [0.2, 0.25) is 0 Å². The summed E-state index contributed by atoms with van der Waals surface area (Å²) in [6.07, 6.45) is 1.51. The lowest BCUT2D eigenvalue weighted by Gasteiger charge is -2.23. The van der Waals surface area contributed by atoms with Crippen molar-refractivity contribution >= 4 is 5.69 Å². The normalized spacial score (nSPS) is 14.5. The molecule has 0 fully saturated rings. The Morgan fingerprint density at radius 3 is 2.62 bits per heavy atom. The molecule has 0 aliphatic rings. The molecule has 0 amide bonds. The summed E-state index contributed by atoms with van der Waals surface area (Å²) in [4.78, 5) is 10.4. The highest BCUT2D eigenvalue weighted by Crippen LogP contribution is 2.24. The minimum Gasteiger partial charge on any atom is -0.325 e. The lowest BCUT2D eigenvalue weighted by atomic mass is 9.89. The molecule has 0 aliphatic heterocycles. The molecule has 1 aromatic carbocycles. The number of nitrogens with zero attached hydrogens (tertiary/aromatic N) is 1. The average molecular weight is 222 g/mol. The molecule has 0 bridgehead atoms. The van der Waals surface area contributed by atoms with Crippen molar-refractivity contribution in [3.05, 3.63) is 39.4 Å². The van der Waals surface area contributed by atoms with Gasteiger partial charge in [-0.25, -0.2) is 0 Å². The molecule has 1 rings (SSSR count). The number of nitro benzene ring substituents is 1. The van der Waals surface area contributed by atoms with E-state index in [2.05, 4.69) is 0 Å². The Balaban J connectivity index is 3.07. The molecule has 0 aromatic heterocycles. The predicted octanol–water partition coefficient (Wildman–Crippen LogP) is 2.57. The van der Waals surface area contributed by atoms with E-state index in [1.54, 1.807) is 13.0 Å². The maximum Gasteiger partial charge on any atom is 0.272 e. The van der Waals surface area contributed by atoms with Gasteiger partial charge in [0.05, 0.1) is 4.92 Å². The van der Waals surface area contributed by atoms with Crippen molar-refractivity contribution in [2.24, 2.45) is 5.73 Å². The highest BCUT2D eigenvalue weighted by atomic mass is 16.6. The Hall–Kier alpha value is -1.42. The Kier molecular flexibility index (Phi) is 3.65. The number of nitrogens with two attached hydrogens (primary N) is 1. The van der Waals surface area contributed by atoms with E-state index in [9.17, 15) is 10.1 Å². The summed E-state index contributed by atoms with van der Waals surface area (Å²) in [5.74, 6) is 0. The van der Waals surface area contributed by atoms with Gasteiger partial charge in [0.1, 0.15) is 0 Å². The van der Waals surface area contributed by atoms with Gasteiger partial charge >= 0.3 is 0 Å². The van der Waals surface area contributed by atoms with Gasteiger partial charge in [0.15, 0.2) is 0 Å². The van der Waals surface area contributed by atoms with Crippen molar-refractivity contribution in [1.29, 1.82) is 0 Å². The smallest absolute Gasteiger partial charge is 0.272 e. The third-order valence-electron chi connectivity index (χ3n) is 3.02. The fourth-order valence-corrected chi connectivity index (χ4v) is 1.62. The average Bonchev–Trinajstić information content (AvgIpc) is 2.20. The first-order valence-corrected chi connectivity index (χ1v) is 5.39. The summed E-state index contributed by atoms with van der Waals surface area (Å²) in [6.45, 7) is 5.76. The summed E-state index contributed by atoms with van der Waals surface area (Å²) in [5, 5.41) is 10.8. The van der Waals surface area contributed by atoms with Gasteiger partial charge in [-0.3, -0.25) is 10.1 Å². The van der Waals surface area contributed by atoms with Crippen molar-refractivity contribution in [3.8, 4) is 0 Å². The third kappa shape index (κ3) is 2.79. The van der Waals surface area contributed by atoms with E-state index in [1.807, 2.05) is 19.9 Å². The van der Waals surface area contributed by atoms with Crippen LogP contribution in [0.5, 0.6) is 0 Å². The van der Waals surface area contributed by atoms with Gasteiger partial charge in [0.25, 0.3) is 5.69 Å². The maximum absolute atomic E-state index is 10.8. The van der Waals surface area contributed by atoms with Crippen LogP contribution >= 0.6 is 0 Å². The van der Waals surface area contributed by atoms with Crippen LogP contribution < -0.4 is 5.73 Å². The van der Waals surface area contributed by atoms with Crippen LogP contribution in [0.15, 0.2) is 18.2 Å². The van der Waals surface area contributed by atoms with E-state index in [0.29, 0.717) is 6.42 Å². The monoisotopic (exact) mass is 222 g/mol. The van der Waals surface area contributed by atoms with Crippen LogP contribution in [0.4, 0.5) is 5.69 Å². The van der Waals surface area contributed by atoms with E-state index in [0.717, 1.165) is 17.5 Å². The molecular formula is C12H18N2O2. The molecule has 0 aliphatic carbocycles. The topological polar surface area (TPSA) is 69.2 Å². The number of hydrogen-bond acceptors (Lipinski definition) is 3. The highest BCUT2D eigenvalue weighted by Gasteiger charge is 2.20. The number of rotatable bonds is 4. The highest BCUT2D eigenvalue weighted by molar-refractivity contribution is 5.45. The second-order valence-corrected chi connectivity index (χ2v) is 4.50. The number of nitro groups is 1. The van der Waals surface area contributed by atoms with Crippen molar-refractivity contribution in [1.82, 2.24) is 0 Å². The van der Waals surface area contributed by atoms with Crippen molar-refractivity contribution in [2.75, 3.05) is 0 Å². The van der Waals surface area contributed by atoms with E-state index in [4.69, 9.17) is 5.73 Å². The first-order valence-electron chi connectivity index (χ1n) is 5.39. The molecule has 0 radical (unpaired) electrons. The Labute approximate surface area is 95.6 Å². The molecule has 88 valence electrons. The zero-order valence-corrected chi connectivity index (χ0v) is 9.99. The minimum atomic E-state index is -0.349. The largest absolute Gasteiger partial charge is 0.325 e. The molecule has 0 heterocycles.